The van der Waals surface area contributed by atoms with Crippen LogP contribution in [0, 0.1) is 11.8 Å². The minimum atomic E-state index is -1.20. The number of hydrogen-bond acceptors (Lipinski definition) is 6. The van der Waals surface area contributed by atoms with E-state index in [2.05, 4.69) is 21.3 Å². The average molecular weight is 430 g/mol. The molecule has 11 nitrogen and oxygen atoms in total. The zero-order valence-corrected chi connectivity index (χ0v) is 18.4. The number of nitrogens with two attached hydrogens (primary N) is 1. The molecule has 0 bridgehead atoms. The van der Waals surface area contributed by atoms with Crippen molar-refractivity contribution in [1.29, 1.82) is 0 Å². The number of carbonyl (C=O) groups excluding carboxylic acids is 4. The van der Waals surface area contributed by atoms with E-state index < -0.39 is 60.3 Å². The zero-order valence-electron chi connectivity index (χ0n) is 18.4. The van der Waals surface area contributed by atoms with E-state index in [1.54, 1.807) is 13.8 Å². The van der Waals surface area contributed by atoms with E-state index in [1.807, 2.05) is 13.8 Å². The van der Waals surface area contributed by atoms with Crippen LogP contribution in [0.2, 0.25) is 0 Å². The first kappa shape index (κ1) is 27.3. The fourth-order valence-electron chi connectivity index (χ4n) is 2.37. The highest BCUT2D eigenvalue weighted by atomic mass is 16.4. The summed E-state index contributed by atoms with van der Waals surface area (Å²) in [6, 6.07) is -3.61. The molecule has 0 saturated carbocycles. The van der Waals surface area contributed by atoms with E-state index in [9.17, 15) is 24.0 Å². The summed E-state index contributed by atoms with van der Waals surface area (Å²) in [6.45, 7) is 9.59. The molecule has 4 atom stereocenters. The summed E-state index contributed by atoms with van der Waals surface area (Å²) in [5.74, 6) is -3.55. The highest BCUT2D eigenvalue weighted by molar-refractivity contribution is 5.94. The van der Waals surface area contributed by atoms with Crippen molar-refractivity contribution in [2.75, 3.05) is 6.54 Å². The molecular weight excluding hydrogens is 394 g/mol. The van der Waals surface area contributed by atoms with Crippen LogP contribution in [-0.2, 0) is 24.0 Å². The molecule has 172 valence electrons. The van der Waals surface area contributed by atoms with Gasteiger partial charge in [-0.05, 0) is 32.1 Å². The van der Waals surface area contributed by atoms with Gasteiger partial charge in [-0.25, -0.2) is 0 Å². The van der Waals surface area contributed by atoms with Gasteiger partial charge in [0, 0.05) is 0 Å². The summed E-state index contributed by atoms with van der Waals surface area (Å²) >= 11 is 0. The summed E-state index contributed by atoms with van der Waals surface area (Å²) in [5.41, 5.74) is 5.74. The van der Waals surface area contributed by atoms with Crippen LogP contribution in [0.1, 0.15) is 48.0 Å². The standard InChI is InChI=1S/C19H35N5O6/c1-9(2)7-13(18(29)21-8-14(25)26)24-17(28)12(6)22-16(27)11(5)23-19(30)15(20)10(3)4/h9-13,15H,7-8,20H2,1-6H3,(H,21,29)(H,22,27)(H,23,30)(H,24,28)(H,25,26)/t11-,12-,13-,15-/m0/s1. The van der Waals surface area contributed by atoms with Crippen LogP contribution in [0.15, 0.2) is 0 Å². The quantitative estimate of drug-likeness (QED) is 0.223. The van der Waals surface area contributed by atoms with Crippen molar-refractivity contribution in [3.8, 4) is 0 Å². The molecule has 4 amide bonds. The largest absolute Gasteiger partial charge is 0.480 e. The van der Waals surface area contributed by atoms with Gasteiger partial charge in [-0.3, -0.25) is 24.0 Å². The highest BCUT2D eigenvalue weighted by Crippen LogP contribution is 2.05. The normalized spacial score (nSPS) is 15.0. The van der Waals surface area contributed by atoms with Crippen LogP contribution in [-0.4, -0.2) is 65.4 Å². The molecule has 7 N–H and O–H groups in total. The Balaban J connectivity index is 4.86. The molecule has 0 aromatic heterocycles. The van der Waals surface area contributed by atoms with E-state index in [0.29, 0.717) is 0 Å². The van der Waals surface area contributed by atoms with Gasteiger partial charge in [-0.15, -0.1) is 0 Å². The second-order valence-corrected chi connectivity index (χ2v) is 8.03. The van der Waals surface area contributed by atoms with Gasteiger partial charge in [-0.2, -0.15) is 0 Å². The maximum atomic E-state index is 12.4. The van der Waals surface area contributed by atoms with E-state index in [4.69, 9.17) is 10.8 Å². The fraction of sp³-hybridized carbons (Fsp3) is 0.737. The Hall–Kier alpha value is -2.69. The Labute approximate surface area is 176 Å². The Kier molecular flexibility index (Phi) is 11.6. The Bertz CT molecular complexity index is 637. The smallest absolute Gasteiger partial charge is 0.322 e. The van der Waals surface area contributed by atoms with Gasteiger partial charge in [0.25, 0.3) is 0 Å². The third-order valence-corrected chi connectivity index (χ3v) is 4.28. The minimum absolute atomic E-state index is 0.0520. The Morgan fingerprint density at radius 3 is 1.67 bits per heavy atom. The number of carboxylic acids is 1. The number of rotatable bonds is 12. The Morgan fingerprint density at radius 2 is 1.23 bits per heavy atom. The summed E-state index contributed by atoms with van der Waals surface area (Å²) in [4.78, 5) is 59.5. The first-order valence-electron chi connectivity index (χ1n) is 9.92. The van der Waals surface area contributed by atoms with E-state index in [-0.39, 0.29) is 18.3 Å². The van der Waals surface area contributed by atoms with Crippen LogP contribution in [0.3, 0.4) is 0 Å². The van der Waals surface area contributed by atoms with Crippen LogP contribution in [0.25, 0.3) is 0 Å². The number of nitrogens with one attached hydrogen (secondary N) is 4. The second kappa shape index (κ2) is 12.8. The maximum absolute atomic E-state index is 12.4. The minimum Gasteiger partial charge on any atom is -0.480 e. The van der Waals surface area contributed by atoms with Gasteiger partial charge in [-0.1, -0.05) is 27.7 Å². The number of hydrogen-bond donors (Lipinski definition) is 6. The molecule has 0 spiro atoms. The van der Waals surface area contributed by atoms with Gasteiger partial charge < -0.3 is 32.1 Å². The zero-order chi connectivity index (χ0) is 23.6. The first-order chi connectivity index (χ1) is 13.8. The third-order valence-electron chi connectivity index (χ3n) is 4.28. The molecule has 0 fully saturated rings. The molecule has 0 aromatic rings. The number of carboxylic acid groups (broad SMARTS) is 1. The number of carbonyl (C=O) groups is 5. The van der Waals surface area contributed by atoms with Crippen LogP contribution >= 0.6 is 0 Å². The van der Waals surface area contributed by atoms with Crippen LogP contribution < -0.4 is 27.0 Å². The molecule has 11 heteroatoms. The molecule has 0 saturated heterocycles. The van der Waals surface area contributed by atoms with Gasteiger partial charge in [0.2, 0.25) is 23.6 Å². The molecular formula is C19H35N5O6. The first-order valence-corrected chi connectivity index (χ1v) is 9.92. The van der Waals surface area contributed by atoms with Crippen molar-refractivity contribution in [2.45, 2.75) is 72.1 Å². The van der Waals surface area contributed by atoms with Crippen molar-refractivity contribution in [3.63, 3.8) is 0 Å². The predicted octanol–water partition coefficient (Wildman–Crippen LogP) is -1.29. The predicted molar refractivity (Wildman–Crippen MR) is 110 cm³/mol. The maximum Gasteiger partial charge on any atom is 0.322 e. The lowest BCUT2D eigenvalue weighted by Gasteiger charge is -2.24. The van der Waals surface area contributed by atoms with Crippen LogP contribution in [0.5, 0.6) is 0 Å². The third kappa shape index (κ3) is 10.2. The summed E-state index contributed by atoms with van der Waals surface area (Å²) in [7, 11) is 0. The summed E-state index contributed by atoms with van der Waals surface area (Å²) in [6.07, 6.45) is 0.289. The van der Waals surface area contributed by atoms with Crippen molar-refractivity contribution in [1.82, 2.24) is 21.3 Å². The molecule has 0 aliphatic rings. The van der Waals surface area contributed by atoms with E-state index >= 15 is 0 Å². The molecule has 0 aliphatic heterocycles. The summed E-state index contributed by atoms with van der Waals surface area (Å²) < 4.78 is 0. The highest BCUT2D eigenvalue weighted by Gasteiger charge is 2.27. The van der Waals surface area contributed by atoms with Gasteiger partial charge in [0.15, 0.2) is 0 Å². The van der Waals surface area contributed by atoms with Crippen molar-refractivity contribution in [2.24, 2.45) is 17.6 Å². The van der Waals surface area contributed by atoms with Gasteiger partial charge >= 0.3 is 5.97 Å². The topological polar surface area (TPSA) is 180 Å². The van der Waals surface area contributed by atoms with Crippen molar-refractivity contribution < 1.29 is 29.1 Å². The van der Waals surface area contributed by atoms with E-state index in [1.165, 1.54) is 13.8 Å². The van der Waals surface area contributed by atoms with Gasteiger partial charge in [0.05, 0.1) is 6.04 Å². The SMILES string of the molecule is CC(C)C[C@H](NC(=O)[C@H](C)NC(=O)[C@H](C)NC(=O)[C@@H](N)C(C)C)C(=O)NCC(=O)O. The van der Waals surface area contributed by atoms with Crippen molar-refractivity contribution in [3.05, 3.63) is 0 Å². The monoisotopic (exact) mass is 429 g/mol. The molecule has 0 aromatic carbocycles. The molecule has 0 aliphatic carbocycles. The Morgan fingerprint density at radius 1 is 0.767 bits per heavy atom. The molecule has 0 unspecified atom stereocenters. The van der Waals surface area contributed by atoms with E-state index in [0.717, 1.165) is 0 Å². The van der Waals surface area contributed by atoms with Crippen LogP contribution in [0.4, 0.5) is 0 Å². The molecule has 0 radical (unpaired) electrons. The van der Waals surface area contributed by atoms with Gasteiger partial charge in [0.1, 0.15) is 24.7 Å². The lowest BCUT2D eigenvalue weighted by atomic mass is 10.0. The van der Waals surface area contributed by atoms with Crippen molar-refractivity contribution >= 4 is 29.6 Å². The molecule has 0 heterocycles. The lowest BCUT2D eigenvalue weighted by Crippen LogP contribution is -2.57. The summed E-state index contributed by atoms with van der Waals surface area (Å²) in [5, 5.41) is 18.4. The fourth-order valence-corrected chi connectivity index (χ4v) is 2.37. The second-order valence-electron chi connectivity index (χ2n) is 8.03. The molecule has 0 rings (SSSR count). The molecule has 30 heavy (non-hydrogen) atoms. The number of amides is 4. The average Bonchev–Trinajstić information content (AvgIpc) is 2.63. The lowest BCUT2D eigenvalue weighted by molar-refractivity contribution is -0.138. The number of aliphatic carboxylic acids is 1.